The van der Waals surface area contributed by atoms with Gasteiger partial charge in [0.15, 0.2) is 0 Å². The number of rotatable bonds is 5. The smallest absolute Gasteiger partial charge is 0.225 e. The molecule has 0 unspecified atom stereocenters. The molecule has 0 spiro atoms. The summed E-state index contributed by atoms with van der Waals surface area (Å²) in [4.78, 5) is 11.6. The molecular formula is C18H23ClN4O. The van der Waals surface area contributed by atoms with Crippen molar-refractivity contribution in [2.75, 3.05) is 23.3 Å². The van der Waals surface area contributed by atoms with Crippen LogP contribution < -0.4 is 10.2 Å². The van der Waals surface area contributed by atoms with Crippen LogP contribution in [0.1, 0.15) is 36.2 Å². The zero-order chi connectivity index (χ0) is 16.9. The average molecular weight is 347 g/mol. The van der Waals surface area contributed by atoms with Crippen molar-refractivity contribution >= 4 is 23.2 Å². The van der Waals surface area contributed by atoms with Gasteiger partial charge in [0.25, 0.3) is 0 Å². The third-order valence-electron chi connectivity index (χ3n) is 4.21. The fourth-order valence-corrected chi connectivity index (χ4v) is 3.12. The maximum Gasteiger partial charge on any atom is 0.225 e. The van der Waals surface area contributed by atoms with Gasteiger partial charge >= 0.3 is 0 Å². The summed E-state index contributed by atoms with van der Waals surface area (Å²) in [5.41, 5.74) is 3.54. The first-order valence-corrected chi connectivity index (χ1v) is 8.76. The summed E-state index contributed by atoms with van der Waals surface area (Å²) < 4.78 is 0. The first-order chi connectivity index (χ1) is 11.7. The molecule has 6 heteroatoms. The number of aliphatic hydroxyl groups is 1. The zero-order valence-electron chi connectivity index (χ0n) is 13.9. The van der Waals surface area contributed by atoms with Crippen molar-refractivity contribution in [3.63, 3.8) is 0 Å². The number of aromatic nitrogens is 2. The first kappa shape index (κ1) is 17.0. The molecule has 1 saturated heterocycles. The van der Waals surface area contributed by atoms with Gasteiger partial charge in [0.1, 0.15) is 0 Å². The van der Waals surface area contributed by atoms with E-state index in [1.165, 1.54) is 19.3 Å². The van der Waals surface area contributed by atoms with Crippen molar-refractivity contribution in [2.45, 2.75) is 39.3 Å². The fraction of sp³-hybridized carbons (Fsp3) is 0.444. The van der Waals surface area contributed by atoms with Gasteiger partial charge in [-0.3, -0.25) is 0 Å². The number of benzene rings is 1. The van der Waals surface area contributed by atoms with Crippen LogP contribution in [0.25, 0.3) is 0 Å². The molecule has 1 fully saturated rings. The molecule has 24 heavy (non-hydrogen) atoms. The van der Waals surface area contributed by atoms with Gasteiger partial charge in [-0.25, -0.2) is 9.97 Å². The molecule has 3 rings (SSSR count). The topological polar surface area (TPSA) is 61.3 Å². The van der Waals surface area contributed by atoms with Crippen LogP contribution in [-0.2, 0) is 13.2 Å². The van der Waals surface area contributed by atoms with E-state index >= 15 is 0 Å². The van der Waals surface area contributed by atoms with Crippen molar-refractivity contribution in [3.05, 3.63) is 46.2 Å². The Morgan fingerprint density at radius 3 is 2.71 bits per heavy atom. The molecule has 0 radical (unpaired) electrons. The molecule has 1 aromatic carbocycles. The van der Waals surface area contributed by atoms with Crippen LogP contribution in [0, 0.1) is 6.92 Å². The molecule has 5 nitrogen and oxygen atoms in total. The van der Waals surface area contributed by atoms with Crippen molar-refractivity contribution in [1.82, 2.24) is 9.97 Å². The minimum absolute atomic E-state index is 0.00241. The molecule has 2 aromatic rings. The second-order valence-electron chi connectivity index (χ2n) is 6.17. The minimum Gasteiger partial charge on any atom is -0.392 e. The minimum atomic E-state index is -0.00241. The van der Waals surface area contributed by atoms with E-state index in [2.05, 4.69) is 15.2 Å². The van der Waals surface area contributed by atoms with E-state index < -0.39 is 0 Å². The summed E-state index contributed by atoms with van der Waals surface area (Å²) in [5, 5.41) is 13.2. The predicted molar refractivity (Wildman–Crippen MR) is 97.5 cm³/mol. The molecule has 1 aliphatic heterocycles. The third kappa shape index (κ3) is 4.16. The summed E-state index contributed by atoms with van der Waals surface area (Å²) in [6.07, 6.45) is 3.69. The quantitative estimate of drug-likeness (QED) is 0.867. The number of hydrogen-bond acceptors (Lipinski definition) is 5. The van der Waals surface area contributed by atoms with Crippen LogP contribution in [0.15, 0.2) is 24.3 Å². The Morgan fingerprint density at radius 2 is 1.96 bits per heavy atom. The van der Waals surface area contributed by atoms with E-state index in [1.54, 1.807) is 6.07 Å². The molecule has 0 bridgehead atoms. The largest absolute Gasteiger partial charge is 0.392 e. The summed E-state index contributed by atoms with van der Waals surface area (Å²) in [5.74, 6) is 0.821. The first-order valence-electron chi connectivity index (χ1n) is 8.38. The van der Waals surface area contributed by atoms with Crippen molar-refractivity contribution < 1.29 is 5.11 Å². The highest BCUT2D eigenvalue weighted by atomic mass is 35.5. The highest BCUT2D eigenvalue weighted by Crippen LogP contribution is 2.24. The van der Waals surface area contributed by atoms with E-state index in [0.29, 0.717) is 11.6 Å². The molecule has 2 N–H and O–H groups in total. The lowest BCUT2D eigenvalue weighted by atomic mass is 10.1. The van der Waals surface area contributed by atoms with Crippen LogP contribution in [-0.4, -0.2) is 28.2 Å². The van der Waals surface area contributed by atoms with Gasteiger partial charge in [0.05, 0.1) is 29.6 Å². The van der Waals surface area contributed by atoms with Crippen LogP contribution >= 0.6 is 11.6 Å². The lowest BCUT2D eigenvalue weighted by Gasteiger charge is -2.27. The van der Waals surface area contributed by atoms with Crippen LogP contribution in [0.3, 0.4) is 0 Å². The summed E-state index contributed by atoms with van der Waals surface area (Å²) >= 11 is 6.22. The third-order valence-corrected chi connectivity index (χ3v) is 4.54. The number of aliphatic hydroxyl groups excluding tert-OH is 1. The van der Waals surface area contributed by atoms with Gasteiger partial charge in [0, 0.05) is 18.8 Å². The maximum absolute atomic E-state index is 9.26. The van der Waals surface area contributed by atoms with E-state index in [0.717, 1.165) is 41.7 Å². The van der Waals surface area contributed by atoms with Crippen LogP contribution in [0.2, 0.25) is 5.02 Å². The Balaban J connectivity index is 1.74. The fourth-order valence-electron chi connectivity index (χ4n) is 2.93. The lowest BCUT2D eigenvalue weighted by Crippen LogP contribution is -2.31. The van der Waals surface area contributed by atoms with Crippen LogP contribution in [0.5, 0.6) is 0 Å². The van der Waals surface area contributed by atoms with E-state index in [9.17, 15) is 5.11 Å². The molecule has 0 amide bonds. The summed E-state index contributed by atoms with van der Waals surface area (Å²) in [7, 11) is 0. The second-order valence-corrected chi connectivity index (χ2v) is 6.58. The highest BCUT2D eigenvalue weighted by Gasteiger charge is 2.14. The van der Waals surface area contributed by atoms with E-state index in [1.807, 2.05) is 25.1 Å². The molecule has 0 atom stereocenters. The molecular weight excluding hydrogens is 324 g/mol. The highest BCUT2D eigenvalue weighted by molar-refractivity contribution is 6.33. The van der Waals surface area contributed by atoms with Gasteiger partial charge in [-0.05, 0) is 49.9 Å². The molecule has 0 saturated carbocycles. The van der Waals surface area contributed by atoms with Crippen molar-refractivity contribution in [2.24, 2.45) is 0 Å². The molecule has 1 aromatic heterocycles. The normalized spacial score (nSPS) is 14.7. The molecule has 0 aliphatic carbocycles. The van der Waals surface area contributed by atoms with Crippen molar-refractivity contribution in [1.29, 1.82) is 0 Å². The number of anilines is 2. The van der Waals surface area contributed by atoms with E-state index in [-0.39, 0.29) is 6.61 Å². The molecule has 2 heterocycles. The van der Waals surface area contributed by atoms with Gasteiger partial charge < -0.3 is 15.3 Å². The number of hydrogen-bond donors (Lipinski definition) is 2. The number of nitrogens with zero attached hydrogens (tertiary/aromatic N) is 3. The van der Waals surface area contributed by atoms with Crippen molar-refractivity contribution in [3.8, 4) is 0 Å². The monoisotopic (exact) mass is 346 g/mol. The summed E-state index contributed by atoms with van der Waals surface area (Å²) in [6.45, 7) is 4.62. The second kappa shape index (κ2) is 7.81. The number of nitrogens with one attached hydrogen (secondary N) is 1. The van der Waals surface area contributed by atoms with Crippen LogP contribution in [0.4, 0.5) is 11.6 Å². The Bertz CT molecular complexity index is 701. The van der Waals surface area contributed by atoms with E-state index in [4.69, 9.17) is 16.6 Å². The molecule has 1 aliphatic rings. The summed E-state index contributed by atoms with van der Waals surface area (Å²) in [6, 6.07) is 7.46. The zero-order valence-corrected chi connectivity index (χ0v) is 14.7. The van der Waals surface area contributed by atoms with Gasteiger partial charge in [0.2, 0.25) is 5.95 Å². The molecule has 128 valence electrons. The number of piperidine rings is 1. The van der Waals surface area contributed by atoms with Gasteiger partial charge in [-0.1, -0.05) is 17.7 Å². The SMILES string of the molecule is Cc1cc(CNc2cc(CO)ccc2Cl)nc(N2CCCCC2)n1. The average Bonchev–Trinajstić information content (AvgIpc) is 2.61. The standard InChI is InChI=1S/C18H23ClN4O/c1-13-9-15(22-18(21-13)23-7-3-2-4-8-23)11-20-17-10-14(12-24)5-6-16(17)19/h5-6,9-10,20,24H,2-4,7-8,11-12H2,1H3. The Hall–Kier alpha value is -1.85. The predicted octanol–water partition coefficient (Wildman–Crippen LogP) is 3.53. The Morgan fingerprint density at radius 1 is 1.17 bits per heavy atom. The number of aryl methyl sites for hydroxylation is 1. The maximum atomic E-state index is 9.26. The van der Waals surface area contributed by atoms with Gasteiger partial charge in [-0.15, -0.1) is 0 Å². The number of halogens is 1. The lowest BCUT2D eigenvalue weighted by molar-refractivity contribution is 0.282. The van der Waals surface area contributed by atoms with Gasteiger partial charge in [-0.2, -0.15) is 0 Å². The Labute approximate surface area is 147 Å². The Kier molecular flexibility index (Phi) is 5.53.